The standard InChI is InChI=1S/C25H31N3O2/c1-3-4-14-27-18-20(17-24(27)29)25-26-22-8-5-6-9-23(22)28(25)15-7-16-30-21-12-10-19(2)11-13-21/h5-6,8-13,20H,3-4,7,14-18H2,1-2H3/t20-/m0/s1. The number of aromatic nitrogens is 2. The molecule has 0 aliphatic carbocycles. The number of hydrogen-bond donors (Lipinski definition) is 0. The molecule has 0 bridgehead atoms. The molecule has 2 heterocycles. The molecule has 30 heavy (non-hydrogen) atoms. The number of carbonyl (C=O) groups excluding carboxylic acids is 1. The molecule has 1 aliphatic heterocycles. The SMILES string of the molecule is CCCCN1C[C@@H](c2nc3ccccc3n2CCCOc2ccc(C)cc2)CC1=O. The summed E-state index contributed by atoms with van der Waals surface area (Å²) in [5, 5.41) is 0. The van der Waals surface area contributed by atoms with Crippen molar-refractivity contribution in [3.63, 3.8) is 0 Å². The lowest BCUT2D eigenvalue weighted by molar-refractivity contribution is -0.127. The molecule has 1 amide bonds. The maximum absolute atomic E-state index is 12.5. The van der Waals surface area contributed by atoms with E-state index in [1.54, 1.807) is 0 Å². The van der Waals surface area contributed by atoms with Gasteiger partial charge in [-0.25, -0.2) is 4.98 Å². The summed E-state index contributed by atoms with van der Waals surface area (Å²) >= 11 is 0. The van der Waals surface area contributed by atoms with Gasteiger partial charge in [-0.2, -0.15) is 0 Å². The third-order valence-corrected chi connectivity index (χ3v) is 5.86. The fourth-order valence-electron chi connectivity index (χ4n) is 4.20. The Hall–Kier alpha value is -2.82. The van der Waals surface area contributed by atoms with E-state index in [9.17, 15) is 4.79 Å². The summed E-state index contributed by atoms with van der Waals surface area (Å²) in [6.45, 7) is 7.36. The van der Waals surface area contributed by atoms with Crippen LogP contribution in [-0.4, -0.2) is 40.1 Å². The molecule has 5 nitrogen and oxygen atoms in total. The summed E-state index contributed by atoms with van der Waals surface area (Å²) in [7, 11) is 0. The zero-order valence-electron chi connectivity index (χ0n) is 18.0. The molecule has 0 unspecified atom stereocenters. The van der Waals surface area contributed by atoms with E-state index < -0.39 is 0 Å². The molecule has 3 aromatic rings. The Morgan fingerprint density at radius 3 is 2.67 bits per heavy atom. The van der Waals surface area contributed by atoms with E-state index in [1.807, 2.05) is 23.1 Å². The molecule has 0 spiro atoms. The monoisotopic (exact) mass is 405 g/mol. The van der Waals surface area contributed by atoms with Crippen molar-refractivity contribution in [3.8, 4) is 5.75 Å². The summed E-state index contributed by atoms with van der Waals surface area (Å²) in [5.41, 5.74) is 3.38. The number of nitrogens with zero attached hydrogens (tertiary/aromatic N) is 3. The third kappa shape index (κ3) is 4.50. The highest BCUT2D eigenvalue weighted by Crippen LogP contribution is 2.30. The molecular weight excluding hydrogens is 374 g/mol. The number of unbranched alkanes of at least 4 members (excludes halogenated alkanes) is 1. The van der Waals surface area contributed by atoms with Crippen LogP contribution in [0.25, 0.3) is 11.0 Å². The number of imidazole rings is 1. The summed E-state index contributed by atoms with van der Waals surface area (Å²) < 4.78 is 8.22. The van der Waals surface area contributed by atoms with Crippen LogP contribution in [0.15, 0.2) is 48.5 Å². The van der Waals surface area contributed by atoms with Gasteiger partial charge >= 0.3 is 0 Å². The molecule has 5 heteroatoms. The minimum Gasteiger partial charge on any atom is -0.494 e. The van der Waals surface area contributed by atoms with Gasteiger partial charge in [0.05, 0.1) is 17.6 Å². The summed E-state index contributed by atoms with van der Waals surface area (Å²) in [5.74, 6) is 2.37. The number of fused-ring (bicyclic) bond motifs is 1. The van der Waals surface area contributed by atoms with Crippen LogP contribution >= 0.6 is 0 Å². The molecule has 158 valence electrons. The van der Waals surface area contributed by atoms with E-state index in [-0.39, 0.29) is 11.8 Å². The van der Waals surface area contributed by atoms with Crippen molar-refractivity contribution < 1.29 is 9.53 Å². The van der Waals surface area contributed by atoms with Gasteiger partial charge in [0, 0.05) is 32.0 Å². The van der Waals surface area contributed by atoms with E-state index in [4.69, 9.17) is 9.72 Å². The maximum atomic E-state index is 12.5. The Kier molecular flexibility index (Phi) is 6.36. The molecule has 2 aromatic carbocycles. The minimum atomic E-state index is 0.166. The number of carbonyl (C=O) groups is 1. The second-order valence-corrected chi connectivity index (χ2v) is 8.22. The highest BCUT2D eigenvalue weighted by Gasteiger charge is 2.33. The van der Waals surface area contributed by atoms with E-state index in [2.05, 4.69) is 48.7 Å². The molecule has 0 saturated carbocycles. The van der Waals surface area contributed by atoms with E-state index in [0.29, 0.717) is 13.0 Å². The minimum absolute atomic E-state index is 0.166. The van der Waals surface area contributed by atoms with Gasteiger partial charge in [0.15, 0.2) is 0 Å². The van der Waals surface area contributed by atoms with Gasteiger partial charge in [0.25, 0.3) is 0 Å². The van der Waals surface area contributed by atoms with Crippen LogP contribution in [0.2, 0.25) is 0 Å². The van der Waals surface area contributed by atoms with Crippen LogP contribution in [0.4, 0.5) is 0 Å². The summed E-state index contributed by atoms with van der Waals surface area (Å²) in [6.07, 6.45) is 3.62. The predicted molar refractivity (Wildman–Crippen MR) is 120 cm³/mol. The van der Waals surface area contributed by atoms with Gasteiger partial charge in [-0.3, -0.25) is 4.79 Å². The first-order valence-electron chi connectivity index (χ1n) is 11.1. The number of rotatable bonds is 9. The zero-order chi connectivity index (χ0) is 20.9. The number of ether oxygens (including phenoxy) is 1. The number of para-hydroxylation sites is 2. The van der Waals surface area contributed by atoms with Crippen molar-refractivity contribution >= 4 is 16.9 Å². The Labute approximate surface area is 178 Å². The predicted octanol–water partition coefficient (Wildman–Crippen LogP) is 4.93. The van der Waals surface area contributed by atoms with Gasteiger partial charge in [-0.15, -0.1) is 0 Å². The second kappa shape index (κ2) is 9.33. The number of hydrogen-bond acceptors (Lipinski definition) is 3. The van der Waals surface area contributed by atoms with Crippen LogP contribution < -0.4 is 4.74 Å². The van der Waals surface area contributed by atoms with Crippen molar-refractivity contribution in [2.45, 2.75) is 52.0 Å². The molecular formula is C25H31N3O2. The quantitative estimate of drug-likeness (QED) is 0.474. The lowest BCUT2D eigenvalue weighted by atomic mass is 10.1. The molecule has 1 fully saturated rings. The first-order valence-corrected chi connectivity index (χ1v) is 11.1. The van der Waals surface area contributed by atoms with Crippen LogP contribution in [0, 0.1) is 6.92 Å². The van der Waals surface area contributed by atoms with Crippen molar-refractivity contribution in [1.29, 1.82) is 0 Å². The van der Waals surface area contributed by atoms with E-state index in [1.165, 1.54) is 5.56 Å². The van der Waals surface area contributed by atoms with Crippen LogP contribution in [0.5, 0.6) is 5.75 Å². The van der Waals surface area contributed by atoms with Gasteiger partial charge in [0.1, 0.15) is 11.6 Å². The number of amides is 1. The number of aryl methyl sites for hydroxylation is 2. The lowest BCUT2D eigenvalue weighted by Gasteiger charge is -2.17. The van der Waals surface area contributed by atoms with Crippen molar-refractivity contribution in [3.05, 3.63) is 59.9 Å². The highest BCUT2D eigenvalue weighted by molar-refractivity contribution is 5.80. The van der Waals surface area contributed by atoms with Crippen molar-refractivity contribution in [1.82, 2.24) is 14.5 Å². The Morgan fingerprint density at radius 2 is 1.87 bits per heavy atom. The Balaban J connectivity index is 1.46. The van der Waals surface area contributed by atoms with E-state index >= 15 is 0 Å². The molecule has 0 radical (unpaired) electrons. The second-order valence-electron chi connectivity index (χ2n) is 8.22. The maximum Gasteiger partial charge on any atom is 0.223 e. The van der Waals surface area contributed by atoms with Crippen molar-refractivity contribution in [2.24, 2.45) is 0 Å². The fraction of sp³-hybridized carbons (Fsp3) is 0.440. The smallest absolute Gasteiger partial charge is 0.223 e. The lowest BCUT2D eigenvalue weighted by Crippen LogP contribution is -2.26. The molecule has 1 saturated heterocycles. The summed E-state index contributed by atoms with van der Waals surface area (Å²) in [4.78, 5) is 19.4. The molecule has 0 N–H and O–H groups in total. The number of benzene rings is 2. The first-order chi connectivity index (χ1) is 14.7. The van der Waals surface area contributed by atoms with Gasteiger partial charge in [0.2, 0.25) is 5.91 Å². The average molecular weight is 406 g/mol. The molecule has 1 aliphatic rings. The summed E-state index contributed by atoms with van der Waals surface area (Å²) in [6, 6.07) is 16.4. The number of likely N-dealkylation sites (tertiary alicyclic amines) is 1. The van der Waals surface area contributed by atoms with Crippen molar-refractivity contribution in [2.75, 3.05) is 19.7 Å². The highest BCUT2D eigenvalue weighted by atomic mass is 16.5. The van der Waals surface area contributed by atoms with Crippen LogP contribution in [0.3, 0.4) is 0 Å². The van der Waals surface area contributed by atoms with Crippen LogP contribution in [0.1, 0.15) is 49.9 Å². The molecule has 4 rings (SSSR count). The Morgan fingerprint density at radius 1 is 1.07 bits per heavy atom. The van der Waals surface area contributed by atoms with E-state index in [0.717, 1.165) is 61.5 Å². The Bertz CT molecular complexity index is 993. The third-order valence-electron chi connectivity index (χ3n) is 5.86. The topological polar surface area (TPSA) is 47.4 Å². The fourth-order valence-corrected chi connectivity index (χ4v) is 4.20. The van der Waals surface area contributed by atoms with Gasteiger partial charge in [-0.05, 0) is 44.0 Å². The van der Waals surface area contributed by atoms with Crippen LogP contribution in [-0.2, 0) is 11.3 Å². The molecule has 1 atom stereocenters. The largest absolute Gasteiger partial charge is 0.494 e. The average Bonchev–Trinajstić information content (AvgIpc) is 3.31. The first kappa shape index (κ1) is 20.5. The van der Waals surface area contributed by atoms with Gasteiger partial charge < -0.3 is 14.2 Å². The zero-order valence-corrected chi connectivity index (χ0v) is 18.0. The molecule has 1 aromatic heterocycles. The van der Waals surface area contributed by atoms with Gasteiger partial charge in [-0.1, -0.05) is 43.2 Å². The normalized spacial score (nSPS) is 16.5.